The van der Waals surface area contributed by atoms with Crippen molar-refractivity contribution in [1.29, 1.82) is 0 Å². The van der Waals surface area contributed by atoms with E-state index in [4.69, 9.17) is 9.52 Å². The van der Waals surface area contributed by atoms with Gasteiger partial charge in [-0.3, -0.25) is 4.79 Å². The molecule has 0 unspecified atom stereocenters. The molecule has 0 saturated heterocycles. The van der Waals surface area contributed by atoms with E-state index in [1.165, 1.54) is 0 Å². The number of carboxylic acids is 1. The summed E-state index contributed by atoms with van der Waals surface area (Å²) in [4.78, 5) is 24.7. The molecule has 2 N–H and O–H groups in total. The Morgan fingerprint density at radius 3 is 2.51 bits per heavy atom. The van der Waals surface area contributed by atoms with Crippen molar-refractivity contribution >= 4 is 33.8 Å². The molecule has 1 aliphatic heterocycles. The van der Waals surface area contributed by atoms with Gasteiger partial charge < -0.3 is 14.8 Å². The molecule has 0 radical (unpaired) electrons. The third-order valence-corrected chi connectivity index (χ3v) is 7.07. The zero-order valence-electron chi connectivity index (χ0n) is 19.6. The first-order chi connectivity index (χ1) is 16.8. The van der Waals surface area contributed by atoms with Crippen molar-refractivity contribution in [3.05, 3.63) is 95.3 Å². The number of hydrogen-bond acceptors (Lipinski definition) is 4. The van der Waals surface area contributed by atoms with E-state index in [-0.39, 0.29) is 22.8 Å². The molecule has 3 aromatic carbocycles. The molecule has 0 spiro atoms. The quantitative estimate of drug-likeness (QED) is 0.338. The number of benzene rings is 3. The third-order valence-electron chi connectivity index (χ3n) is 7.07. The maximum atomic E-state index is 13.6. The first kappa shape index (κ1) is 21.4. The van der Waals surface area contributed by atoms with Gasteiger partial charge in [0, 0.05) is 28.8 Å². The number of rotatable bonds is 3. The second-order valence-electron chi connectivity index (χ2n) is 10.2. The Hall–Kier alpha value is -4.12. The molecule has 6 rings (SSSR count). The van der Waals surface area contributed by atoms with Gasteiger partial charge >= 0.3 is 5.97 Å². The van der Waals surface area contributed by atoms with Crippen LogP contribution >= 0.6 is 0 Å². The van der Waals surface area contributed by atoms with Crippen molar-refractivity contribution in [2.75, 3.05) is 5.32 Å². The zero-order valence-corrected chi connectivity index (χ0v) is 19.6. The molecule has 0 amide bonds. The van der Waals surface area contributed by atoms with E-state index in [2.05, 4.69) is 43.4 Å². The van der Waals surface area contributed by atoms with E-state index in [1.54, 1.807) is 24.3 Å². The highest BCUT2D eigenvalue weighted by molar-refractivity contribution is 6.12. The van der Waals surface area contributed by atoms with Crippen molar-refractivity contribution in [3.8, 4) is 11.3 Å². The van der Waals surface area contributed by atoms with Crippen molar-refractivity contribution in [1.82, 2.24) is 0 Å². The number of ketones is 1. The third kappa shape index (κ3) is 3.55. The number of carbonyl (C=O) groups is 2. The highest BCUT2D eigenvalue weighted by Gasteiger charge is 2.41. The number of nitrogens with one attached hydrogen (secondary N) is 1. The molecule has 0 fully saturated rings. The Balaban J connectivity index is 1.48. The van der Waals surface area contributed by atoms with Gasteiger partial charge in [0.15, 0.2) is 5.78 Å². The molecule has 5 nitrogen and oxygen atoms in total. The van der Waals surface area contributed by atoms with Crippen LogP contribution in [0.25, 0.3) is 27.7 Å². The normalized spacial score (nSPS) is 18.7. The molecular weight excluding hydrogens is 438 g/mol. The van der Waals surface area contributed by atoms with Crippen LogP contribution in [0.15, 0.2) is 82.8 Å². The van der Waals surface area contributed by atoms with Crippen LogP contribution in [0.3, 0.4) is 0 Å². The van der Waals surface area contributed by atoms with Gasteiger partial charge in [0.25, 0.3) is 0 Å². The lowest BCUT2D eigenvalue weighted by atomic mass is 9.68. The lowest BCUT2D eigenvalue weighted by Gasteiger charge is -2.39. The molecule has 4 aromatic rings. The summed E-state index contributed by atoms with van der Waals surface area (Å²) in [6.07, 6.45) is 1.31. The first-order valence-corrected chi connectivity index (χ1v) is 11.8. The molecule has 1 aromatic heterocycles. The van der Waals surface area contributed by atoms with E-state index in [9.17, 15) is 9.59 Å². The predicted molar refractivity (Wildman–Crippen MR) is 136 cm³/mol. The Bertz CT molecular complexity index is 1540. The summed E-state index contributed by atoms with van der Waals surface area (Å²) in [5.41, 5.74) is 4.90. The summed E-state index contributed by atoms with van der Waals surface area (Å²) in [5.74, 6) is 0.485. The van der Waals surface area contributed by atoms with Crippen molar-refractivity contribution in [2.24, 2.45) is 5.41 Å². The number of carbonyl (C=O) groups excluding carboxylic acids is 1. The molecule has 1 atom stereocenters. The summed E-state index contributed by atoms with van der Waals surface area (Å²) >= 11 is 0. The lowest BCUT2D eigenvalue weighted by Crippen LogP contribution is -2.33. The highest BCUT2D eigenvalue weighted by Crippen LogP contribution is 2.52. The van der Waals surface area contributed by atoms with E-state index in [0.717, 1.165) is 45.2 Å². The van der Waals surface area contributed by atoms with Crippen molar-refractivity contribution in [2.45, 2.75) is 32.7 Å². The number of carboxylic acid groups (broad SMARTS) is 1. The topological polar surface area (TPSA) is 79.5 Å². The summed E-state index contributed by atoms with van der Waals surface area (Å²) < 4.78 is 6.27. The van der Waals surface area contributed by atoms with Crippen molar-refractivity contribution < 1.29 is 19.1 Å². The largest absolute Gasteiger partial charge is 0.478 e. The van der Waals surface area contributed by atoms with Crippen LogP contribution in [-0.4, -0.2) is 16.9 Å². The van der Waals surface area contributed by atoms with Crippen molar-refractivity contribution in [3.63, 3.8) is 0 Å². The number of hydrogen-bond donors (Lipinski definition) is 2. The Labute approximate surface area is 203 Å². The molecule has 0 bridgehead atoms. The molecule has 2 heterocycles. The number of allylic oxidation sites excluding steroid dienone is 1. The van der Waals surface area contributed by atoms with Crippen LogP contribution in [0.5, 0.6) is 0 Å². The highest BCUT2D eigenvalue weighted by atomic mass is 16.4. The summed E-state index contributed by atoms with van der Waals surface area (Å²) in [7, 11) is 0. The minimum Gasteiger partial charge on any atom is -0.478 e. The second-order valence-corrected chi connectivity index (χ2v) is 10.2. The minimum atomic E-state index is -0.965. The molecule has 0 saturated carbocycles. The smallest absolute Gasteiger partial charge is 0.335 e. The van der Waals surface area contributed by atoms with Crippen LogP contribution in [0.2, 0.25) is 0 Å². The lowest BCUT2D eigenvalue weighted by molar-refractivity contribution is -0.118. The SMILES string of the molecule is CC1(C)CC(=O)C2=C(C1)c1c(ccc3ccccc13)N[C@H]2c1ccc(-c2ccc(C(=O)O)cc2)o1. The first-order valence-electron chi connectivity index (χ1n) is 11.8. The molecule has 174 valence electrons. The van der Waals surface area contributed by atoms with E-state index in [1.807, 2.05) is 24.3 Å². The maximum absolute atomic E-state index is 13.6. The van der Waals surface area contributed by atoms with Gasteiger partial charge in [-0.15, -0.1) is 0 Å². The predicted octanol–water partition coefficient (Wildman–Crippen LogP) is 7.11. The number of Topliss-reactive ketones (excluding diaryl/α,β-unsaturated/α-hetero) is 1. The van der Waals surface area contributed by atoms with E-state index in [0.29, 0.717) is 17.9 Å². The Morgan fingerprint density at radius 2 is 1.74 bits per heavy atom. The summed E-state index contributed by atoms with van der Waals surface area (Å²) in [5, 5.41) is 15.1. The number of furan rings is 1. The van der Waals surface area contributed by atoms with Gasteiger partial charge in [0.2, 0.25) is 0 Å². The molecule has 2 aliphatic rings. The van der Waals surface area contributed by atoms with Crippen LogP contribution in [0.4, 0.5) is 5.69 Å². The maximum Gasteiger partial charge on any atom is 0.335 e. The number of anilines is 1. The van der Waals surface area contributed by atoms with Crippen LogP contribution in [0.1, 0.15) is 54.4 Å². The Morgan fingerprint density at radius 1 is 0.971 bits per heavy atom. The average Bonchev–Trinajstić information content (AvgIpc) is 3.32. The fourth-order valence-electron chi connectivity index (χ4n) is 5.49. The summed E-state index contributed by atoms with van der Waals surface area (Å²) in [6.45, 7) is 4.31. The molecular formula is C30H25NO4. The van der Waals surface area contributed by atoms with Gasteiger partial charge in [-0.05, 0) is 58.5 Å². The van der Waals surface area contributed by atoms with Crippen LogP contribution in [0, 0.1) is 5.41 Å². The zero-order chi connectivity index (χ0) is 24.3. The Kier molecular flexibility index (Phi) is 4.71. The van der Waals surface area contributed by atoms with E-state index < -0.39 is 5.97 Å². The molecule has 5 heteroatoms. The molecule has 35 heavy (non-hydrogen) atoms. The monoisotopic (exact) mass is 463 g/mol. The van der Waals surface area contributed by atoms with Gasteiger partial charge in [-0.1, -0.05) is 56.3 Å². The fourth-order valence-corrected chi connectivity index (χ4v) is 5.49. The number of fused-ring (bicyclic) bond motifs is 4. The second kappa shape index (κ2) is 7.70. The summed E-state index contributed by atoms with van der Waals surface area (Å²) in [6, 6.07) is 22.5. The molecule has 1 aliphatic carbocycles. The van der Waals surface area contributed by atoms with E-state index >= 15 is 0 Å². The number of aromatic carboxylic acids is 1. The van der Waals surface area contributed by atoms with Gasteiger partial charge in [0.1, 0.15) is 17.6 Å². The standard InChI is InChI=1S/C30H25NO4/c1-30(2)15-21-26-20-6-4-3-5-17(20)11-12-22(26)31-28(27(21)23(32)16-30)25-14-13-24(35-25)18-7-9-19(10-8-18)29(33)34/h3-14,28,31H,15-16H2,1-2H3,(H,33,34)/t28-/m0/s1. The van der Waals surface area contributed by atoms with Gasteiger partial charge in [-0.25, -0.2) is 4.79 Å². The van der Waals surface area contributed by atoms with Crippen LogP contribution in [-0.2, 0) is 4.79 Å². The van der Waals surface area contributed by atoms with Gasteiger partial charge in [0.05, 0.1) is 5.56 Å². The van der Waals surface area contributed by atoms with Crippen LogP contribution < -0.4 is 5.32 Å². The minimum absolute atomic E-state index is 0.119. The fraction of sp³-hybridized carbons (Fsp3) is 0.200. The average molecular weight is 464 g/mol. The van der Waals surface area contributed by atoms with Gasteiger partial charge in [-0.2, -0.15) is 0 Å².